The molecule has 0 aliphatic carbocycles. The number of aliphatic carboxylic acids is 1. The minimum atomic E-state index is -0.674. The average Bonchev–Trinajstić information content (AvgIpc) is 2.21. The molecule has 1 unspecified atom stereocenters. The van der Waals surface area contributed by atoms with E-state index in [2.05, 4.69) is 6.58 Å². The third kappa shape index (κ3) is 8.18. The molecule has 0 heterocycles. The molecule has 0 amide bonds. The molecule has 3 heteroatoms. The minimum Gasteiger partial charge on any atom is -0.481 e. The lowest BCUT2D eigenvalue weighted by Gasteiger charge is -2.10. The summed E-state index contributed by atoms with van der Waals surface area (Å²) in [5, 5.41) is 8.95. The number of carbonyl (C=O) groups is 1. The monoisotopic (exact) mass is 213 g/mol. The molecule has 15 heavy (non-hydrogen) atoms. The maximum Gasteiger partial charge on any atom is 0.306 e. The van der Waals surface area contributed by atoms with Gasteiger partial charge < -0.3 is 10.8 Å². The number of carboxylic acid groups (broad SMARTS) is 1. The fourth-order valence-corrected chi connectivity index (χ4v) is 1.61. The van der Waals surface area contributed by atoms with E-state index < -0.39 is 5.97 Å². The molecular formula is C12H23NO2. The highest BCUT2D eigenvalue weighted by Gasteiger charge is 2.15. The highest BCUT2D eigenvalue weighted by atomic mass is 16.4. The first-order valence-corrected chi connectivity index (χ1v) is 5.76. The Hall–Kier alpha value is -0.830. The summed E-state index contributed by atoms with van der Waals surface area (Å²) in [6.45, 7) is 4.24. The third-order valence-corrected chi connectivity index (χ3v) is 2.57. The lowest BCUT2D eigenvalue weighted by Crippen LogP contribution is -2.15. The second-order valence-corrected chi connectivity index (χ2v) is 3.89. The zero-order chi connectivity index (χ0) is 11.5. The number of hydrogen-bond acceptors (Lipinski definition) is 2. The fraction of sp³-hybridized carbons (Fsp3) is 0.750. The van der Waals surface area contributed by atoms with Gasteiger partial charge >= 0.3 is 5.97 Å². The fourth-order valence-electron chi connectivity index (χ4n) is 1.61. The molecule has 0 aromatic rings. The van der Waals surface area contributed by atoms with E-state index in [0.717, 1.165) is 38.5 Å². The highest BCUT2D eigenvalue weighted by molar-refractivity contribution is 5.69. The number of hydrogen-bond donors (Lipinski definition) is 2. The number of nitrogens with two attached hydrogens (primary N) is 1. The van der Waals surface area contributed by atoms with E-state index >= 15 is 0 Å². The lowest BCUT2D eigenvalue weighted by atomic mass is 9.96. The van der Waals surface area contributed by atoms with Crippen LogP contribution in [0.5, 0.6) is 0 Å². The van der Waals surface area contributed by atoms with Gasteiger partial charge in [0.2, 0.25) is 0 Å². The molecule has 88 valence electrons. The topological polar surface area (TPSA) is 63.3 Å². The SMILES string of the molecule is C=CCCCCCC(CCCN)C(=O)O. The molecule has 0 saturated heterocycles. The third-order valence-electron chi connectivity index (χ3n) is 2.57. The largest absolute Gasteiger partial charge is 0.481 e. The van der Waals surface area contributed by atoms with Crippen LogP contribution < -0.4 is 5.73 Å². The molecule has 3 nitrogen and oxygen atoms in total. The number of unbranched alkanes of at least 4 members (excludes halogenated alkanes) is 3. The van der Waals surface area contributed by atoms with Gasteiger partial charge in [-0.15, -0.1) is 6.58 Å². The van der Waals surface area contributed by atoms with Crippen LogP contribution in [0.15, 0.2) is 12.7 Å². The van der Waals surface area contributed by atoms with Crippen LogP contribution in [0, 0.1) is 5.92 Å². The van der Waals surface area contributed by atoms with E-state index in [4.69, 9.17) is 10.8 Å². The maximum atomic E-state index is 10.9. The lowest BCUT2D eigenvalue weighted by molar-refractivity contribution is -0.142. The predicted molar refractivity (Wildman–Crippen MR) is 62.7 cm³/mol. The quantitative estimate of drug-likeness (QED) is 0.433. The Bertz CT molecular complexity index is 180. The van der Waals surface area contributed by atoms with E-state index in [9.17, 15) is 4.79 Å². The summed E-state index contributed by atoms with van der Waals surface area (Å²) in [4.78, 5) is 10.9. The van der Waals surface area contributed by atoms with Crippen molar-refractivity contribution in [2.75, 3.05) is 6.54 Å². The summed E-state index contributed by atoms with van der Waals surface area (Å²) in [5.74, 6) is -0.871. The summed E-state index contributed by atoms with van der Waals surface area (Å²) in [7, 11) is 0. The van der Waals surface area contributed by atoms with E-state index in [1.165, 1.54) is 0 Å². The predicted octanol–water partition coefficient (Wildman–Crippen LogP) is 2.56. The standard InChI is InChI=1S/C12H23NO2/c1-2-3-4-5-6-8-11(12(14)15)9-7-10-13/h2,11H,1,3-10,13H2,(H,14,15). The second kappa shape index (κ2) is 9.71. The summed E-state index contributed by atoms with van der Waals surface area (Å²) in [6.07, 6.45) is 8.45. The minimum absolute atomic E-state index is 0.197. The molecule has 0 rings (SSSR count). The van der Waals surface area contributed by atoms with E-state index in [1.807, 2.05) is 6.08 Å². The van der Waals surface area contributed by atoms with Crippen LogP contribution in [0.25, 0.3) is 0 Å². The van der Waals surface area contributed by atoms with Crippen LogP contribution in [0.3, 0.4) is 0 Å². The smallest absolute Gasteiger partial charge is 0.306 e. The van der Waals surface area contributed by atoms with Crippen LogP contribution in [-0.4, -0.2) is 17.6 Å². The first kappa shape index (κ1) is 14.2. The Kier molecular flexibility index (Phi) is 9.18. The molecule has 3 N–H and O–H groups in total. The van der Waals surface area contributed by atoms with Crippen LogP contribution in [0.4, 0.5) is 0 Å². The van der Waals surface area contributed by atoms with Crippen molar-refractivity contribution in [3.63, 3.8) is 0 Å². The van der Waals surface area contributed by atoms with Crippen molar-refractivity contribution in [2.45, 2.75) is 44.9 Å². The van der Waals surface area contributed by atoms with Gasteiger partial charge in [-0.2, -0.15) is 0 Å². The van der Waals surface area contributed by atoms with Gasteiger partial charge in [0.25, 0.3) is 0 Å². The normalized spacial score (nSPS) is 12.3. The first-order valence-electron chi connectivity index (χ1n) is 5.76. The summed E-state index contributed by atoms with van der Waals surface area (Å²) < 4.78 is 0. The molecule has 1 atom stereocenters. The number of rotatable bonds is 10. The molecule has 0 spiro atoms. The van der Waals surface area contributed by atoms with Crippen molar-refractivity contribution in [3.8, 4) is 0 Å². The zero-order valence-electron chi connectivity index (χ0n) is 9.45. The van der Waals surface area contributed by atoms with Gasteiger partial charge in [0.1, 0.15) is 0 Å². The number of allylic oxidation sites excluding steroid dienone is 1. The molecule has 0 aliphatic rings. The Morgan fingerprint density at radius 2 is 1.93 bits per heavy atom. The van der Waals surface area contributed by atoms with Crippen LogP contribution in [0.1, 0.15) is 44.9 Å². The Morgan fingerprint density at radius 3 is 2.47 bits per heavy atom. The van der Waals surface area contributed by atoms with Gasteiger partial charge in [0.15, 0.2) is 0 Å². The Balaban J connectivity index is 3.57. The summed E-state index contributed by atoms with van der Waals surface area (Å²) >= 11 is 0. The van der Waals surface area contributed by atoms with Crippen LogP contribution >= 0.6 is 0 Å². The molecule has 0 fully saturated rings. The first-order chi connectivity index (χ1) is 7.22. The Morgan fingerprint density at radius 1 is 1.27 bits per heavy atom. The van der Waals surface area contributed by atoms with E-state index in [1.54, 1.807) is 0 Å². The van der Waals surface area contributed by atoms with Gasteiger partial charge in [-0.05, 0) is 38.6 Å². The average molecular weight is 213 g/mol. The van der Waals surface area contributed by atoms with Gasteiger partial charge in [0.05, 0.1) is 5.92 Å². The van der Waals surface area contributed by atoms with Crippen molar-refractivity contribution in [3.05, 3.63) is 12.7 Å². The molecule has 0 radical (unpaired) electrons. The summed E-state index contributed by atoms with van der Waals surface area (Å²) in [6, 6.07) is 0. The Labute approximate surface area is 92.4 Å². The van der Waals surface area contributed by atoms with Gasteiger partial charge in [0, 0.05) is 0 Å². The van der Waals surface area contributed by atoms with Gasteiger partial charge in [-0.1, -0.05) is 18.9 Å². The molecule has 0 saturated carbocycles. The molecule has 0 aliphatic heterocycles. The van der Waals surface area contributed by atoms with Crippen molar-refractivity contribution < 1.29 is 9.90 Å². The van der Waals surface area contributed by atoms with E-state index in [-0.39, 0.29) is 5.92 Å². The van der Waals surface area contributed by atoms with Gasteiger partial charge in [-0.25, -0.2) is 0 Å². The molecular weight excluding hydrogens is 190 g/mol. The molecule has 0 bridgehead atoms. The summed E-state index contributed by atoms with van der Waals surface area (Å²) in [5.41, 5.74) is 5.37. The second-order valence-electron chi connectivity index (χ2n) is 3.89. The zero-order valence-corrected chi connectivity index (χ0v) is 9.45. The van der Waals surface area contributed by atoms with Crippen molar-refractivity contribution in [1.82, 2.24) is 0 Å². The van der Waals surface area contributed by atoms with Crippen LogP contribution in [0.2, 0.25) is 0 Å². The number of carboxylic acids is 1. The van der Waals surface area contributed by atoms with Crippen molar-refractivity contribution >= 4 is 5.97 Å². The van der Waals surface area contributed by atoms with Crippen molar-refractivity contribution in [2.24, 2.45) is 11.7 Å². The van der Waals surface area contributed by atoms with Crippen LogP contribution in [-0.2, 0) is 4.79 Å². The highest BCUT2D eigenvalue weighted by Crippen LogP contribution is 2.16. The van der Waals surface area contributed by atoms with E-state index in [0.29, 0.717) is 13.0 Å². The van der Waals surface area contributed by atoms with Gasteiger partial charge in [-0.3, -0.25) is 4.79 Å². The maximum absolute atomic E-state index is 10.9. The van der Waals surface area contributed by atoms with Crippen molar-refractivity contribution in [1.29, 1.82) is 0 Å². The molecule has 0 aromatic heterocycles. The molecule has 0 aromatic carbocycles.